The molecule has 1 atom stereocenters. The monoisotopic (exact) mass is 453 g/mol. The average molecular weight is 453 g/mol. The Morgan fingerprint density at radius 1 is 1.00 bits per heavy atom. The van der Waals surface area contributed by atoms with Crippen molar-refractivity contribution in [2.24, 2.45) is 5.73 Å². The molecular formula is C23H23N3O7. The Hall–Kier alpha value is -4.05. The van der Waals surface area contributed by atoms with Gasteiger partial charge in [-0.3, -0.25) is 24.1 Å². The maximum absolute atomic E-state index is 12.6. The molecule has 1 unspecified atom stereocenters. The minimum absolute atomic E-state index is 0.0408. The van der Waals surface area contributed by atoms with Gasteiger partial charge in [-0.25, -0.2) is 4.79 Å². The first-order valence-corrected chi connectivity index (χ1v) is 10.1. The standard InChI is InChI=1S/C23H23N3O7/c1-13(20(28)25-16-7-4-14(5-8-16)19(24)27)33-23(31)15-6-9-17-18(12-15)22(30)26(21(17)29)10-3-11-32-2/h4-9,12-13H,3,10-11H2,1-2H3,(H2,24,27)(H,25,28). The fourth-order valence-electron chi connectivity index (χ4n) is 3.23. The second kappa shape index (κ2) is 10.0. The zero-order chi connectivity index (χ0) is 24.1. The van der Waals surface area contributed by atoms with Crippen LogP contribution in [0.25, 0.3) is 0 Å². The molecule has 33 heavy (non-hydrogen) atoms. The molecule has 10 nitrogen and oxygen atoms in total. The Kier molecular flexibility index (Phi) is 7.19. The van der Waals surface area contributed by atoms with Gasteiger partial charge >= 0.3 is 5.97 Å². The van der Waals surface area contributed by atoms with Crippen LogP contribution in [0.3, 0.4) is 0 Å². The Morgan fingerprint density at radius 2 is 1.64 bits per heavy atom. The summed E-state index contributed by atoms with van der Waals surface area (Å²) in [6.07, 6.45) is -0.654. The first kappa shape index (κ1) is 23.6. The number of benzene rings is 2. The number of carbonyl (C=O) groups excluding carboxylic acids is 5. The van der Waals surface area contributed by atoms with E-state index in [4.69, 9.17) is 15.2 Å². The maximum atomic E-state index is 12.6. The smallest absolute Gasteiger partial charge is 0.338 e. The molecule has 1 aliphatic rings. The van der Waals surface area contributed by atoms with Gasteiger partial charge in [0.25, 0.3) is 17.7 Å². The highest BCUT2D eigenvalue weighted by Crippen LogP contribution is 2.25. The van der Waals surface area contributed by atoms with Gasteiger partial charge in [0.2, 0.25) is 5.91 Å². The van der Waals surface area contributed by atoms with Crippen molar-refractivity contribution in [3.63, 3.8) is 0 Å². The summed E-state index contributed by atoms with van der Waals surface area (Å²) in [7, 11) is 1.53. The molecule has 1 aliphatic heterocycles. The van der Waals surface area contributed by atoms with Gasteiger partial charge in [0, 0.05) is 31.5 Å². The molecule has 172 valence electrons. The van der Waals surface area contributed by atoms with Crippen LogP contribution in [0.4, 0.5) is 5.69 Å². The number of hydrogen-bond donors (Lipinski definition) is 2. The third kappa shape index (κ3) is 5.24. The average Bonchev–Trinajstić information content (AvgIpc) is 3.03. The summed E-state index contributed by atoms with van der Waals surface area (Å²) in [6.45, 7) is 2.00. The number of rotatable bonds is 9. The topological polar surface area (TPSA) is 145 Å². The van der Waals surface area contributed by atoms with E-state index >= 15 is 0 Å². The summed E-state index contributed by atoms with van der Waals surface area (Å²) < 4.78 is 10.2. The molecule has 3 N–H and O–H groups in total. The molecule has 0 saturated heterocycles. The number of ether oxygens (including phenoxy) is 2. The van der Waals surface area contributed by atoms with Crippen LogP contribution in [0, 0.1) is 0 Å². The summed E-state index contributed by atoms with van der Waals surface area (Å²) in [5.74, 6) is -2.93. The Morgan fingerprint density at radius 3 is 2.27 bits per heavy atom. The Labute approximate surface area is 189 Å². The summed E-state index contributed by atoms with van der Waals surface area (Å²) in [5.41, 5.74) is 6.21. The number of fused-ring (bicyclic) bond motifs is 1. The third-order valence-electron chi connectivity index (χ3n) is 5.03. The number of primary amides is 1. The van der Waals surface area contributed by atoms with Gasteiger partial charge in [-0.2, -0.15) is 0 Å². The van der Waals surface area contributed by atoms with E-state index in [0.717, 1.165) is 4.90 Å². The zero-order valence-corrected chi connectivity index (χ0v) is 18.1. The van der Waals surface area contributed by atoms with Crippen molar-refractivity contribution in [1.82, 2.24) is 4.90 Å². The third-order valence-corrected chi connectivity index (χ3v) is 5.03. The molecule has 10 heteroatoms. The van der Waals surface area contributed by atoms with Crippen LogP contribution >= 0.6 is 0 Å². The quantitative estimate of drug-likeness (QED) is 0.333. The van der Waals surface area contributed by atoms with E-state index in [0.29, 0.717) is 18.7 Å². The number of nitrogens with two attached hydrogens (primary N) is 1. The van der Waals surface area contributed by atoms with Crippen LogP contribution in [0.1, 0.15) is 54.8 Å². The van der Waals surface area contributed by atoms with E-state index in [1.54, 1.807) is 0 Å². The highest BCUT2D eigenvalue weighted by Gasteiger charge is 2.35. The van der Waals surface area contributed by atoms with Crippen molar-refractivity contribution < 1.29 is 33.4 Å². The number of methoxy groups -OCH3 is 1. The summed E-state index contributed by atoms with van der Waals surface area (Å²) in [4.78, 5) is 62.2. The second-order valence-electron chi connectivity index (χ2n) is 7.35. The van der Waals surface area contributed by atoms with Gasteiger partial charge in [-0.15, -0.1) is 0 Å². The van der Waals surface area contributed by atoms with E-state index in [9.17, 15) is 24.0 Å². The lowest BCUT2D eigenvalue weighted by Gasteiger charge is -2.14. The number of amides is 4. The van der Waals surface area contributed by atoms with Gasteiger partial charge in [-0.1, -0.05) is 0 Å². The molecule has 1 heterocycles. The molecule has 0 bridgehead atoms. The zero-order valence-electron chi connectivity index (χ0n) is 18.1. The maximum Gasteiger partial charge on any atom is 0.338 e. The number of hydrogen-bond acceptors (Lipinski definition) is 7. The van der Waals surface area contributed by atoms with Crippen molar-refractivity contribution in [2.75, 3.05) is 25.6 Å². The van der Waals surface area contributed by atoms with Gasteiger partial charge < -0.3 is 20.5 Å². The molecule has 0 spiro atoms. The number of carbonyl (C=O) groups is 5. The molecule has 0 fully saturated rings. The molecular weight excluding hydrogens is 430 g/mol. The first-order chi connectivity index (χ1) is 15.7. The molecule has 0 radical (unpaired) electrons. The fraction of sp³-hybridized carbons (Fsp3) is 0.261. The molecule has 2 aromatic rings. The highest BCUT2D eigenvalue weighted by molar-refractivity contribution is 6.22. The SMILES string of the molecule is COCCCN1C(=O)c2ccc(C(=O)OC(C)C(=O)Nc3ccc(C(N)=O)cc3)cc2C1=O. The number of anilines is 1. The van der Waals surface area contributed by atoms with Crippen LogP contribution in [0.2, 0.25) is 0 Å². The van der Waals surface area contributed by atoms with Crippen LogP contribution < -0.4 is 11.1 Å². The number of nitrogens with one attached hydrogen (secondary N) is 1. The molecule has 0 saturated carbocycles. The number of nitrogens with zero attached hydrogens (tertiary/aromatic N) is 1. The summed E-state index contributed by atoms with van der Waals surface area (Å²) in [6, 6.07) is 9.96. The second-order valence-corrected chi connectivity index (χ2v) is 7.35. The lowest BCUT2D eigenvalue weighted by molar-refractivity contribution is -0.123. The Bertz CT molecular complexity index is 1110. The van der Waals surface area contributed by atoms with Crippen LogP contribution in [0.15, 0.2) is 42.5 Å². The van der Waals surface area contributed by atoms with Gasteiger partial charge in [0.05, 0.1) is 16.7 Å². The molecule has 0 aliphatic carbocycles. The summed E-state index contributed by atoms with van der Waals surface area (Å²) >= 11 is 0. The molecule has 4 amide bonds. The summed E-state index contributed by atoms with van der Waals surface area (Å²) in [5, 5.41) is 2.57. The predicted molar refractivity (Wildman–Crippen MR) is 117 cm³/mol. The van der Waals surface area contributed by atoms with Crippen molar-refractivity contribution in [3.05, 3.63) is 64.7 Å². The highest BCUT2D eigenvalue weighted by atomic mass is 16.5. The van der Waals surface area contributed by atoms with Gasteiger partial charge in [-0.05, 0) is 55.8 Å². The number of esters is 1. The Balaban J connectivity index is 1.64. The van der Waals surface area contributed by atoms with Crippen LogP contribution in [-0.4, -0.2) is 60.9 Å². The van der Waals surface area contributed by atoms with E-state index in [-0.39, 0.29) is 28.8 Å². The predicted octanol–water partition coefficient (Wildman–Crippen LogP) is 1.60. The van der Waals surface area contributed by atoms with Crippen LogP contribution in [0.5, 0.6) is 0 Å². The normalized spacial score (nSPS) is 13.5. The van der Waals surface area contributed by atoms with Gasteiger partial charge in [0.15, 0.2) is 6.10 Å². The van der Waals surface area contributed by atoms with E-state index in [2.05, 4.69) is 5.32 Å². The lowest BCUT2D eigenvalue weighted by Crippen LogP contribution is -2.31. The van der Waals surface area contributed by atoms with Crippen LogP contribution in [-0.2, 0) is 14.3 Å². The van der Waals surface area contributed by atoms with E-state index < -0.39 is 35.7 Å². The fourth-order valence-corrected chi connectivity index (χ4v) is 3.23. The van der Waals surface area contributed by atoms with Crippen molar-refractivity contribution in [1.29, 1.82) is 0 Å². The molecule has 0 aromatic heterocycles. The lowest BCUT2D eigenvalue weighted by atomic mass is 10.1. The number of imide groups is 1. The largest absolute Gasteiger partial charge is 0.449 e. The van der Waals surface area contributed by atoms with E-state index in [1.807, 2.05) is 0 Å². The minimum atomic E-state index is -1.15. The first-order valence-electron chi connectivity index (χ1n) is 10.1. The molecule has 3 rings (SSSR count). The van der Waals surface area contributed by atoms with Crippen molar-refractivity contribution >= 4 is 35.3 Å². The van der Waals surface area contributed by atoms with Gasteiger partial charge in [0.1, 0.15) is 0 Å². The molecule has 2 aromatic carbocycles. The van der Waals surface area contributed by atoms with Crippen molar-refractivity contribution in [2.45, 2.75) is 19.4 Å². The van der Waals surface area contributed by atoms with Crippen molar-refractivity contribution in [3.8, 4) is 0 Å². The minimum Gasteiger partial charge on any atom is -0.449 e. The van der Waals surface area contributed by atoms with E-state index in [1.165, 1.54) is 56.5 Å².